The van der Waals surface area contributed by atoms with Crippen molar-refractivity contribution >= 4 is 5.91 Å². The number of nitrogens with zero attached hydrogens (tertiary/aromatic N) is 2. The van der Waals surface area contributed by atoms with Crippen LogP contribution in [0.25, 0.3) is 0 Å². The molecule has 0 atom stereocenters. The second-order valence-corrected chi connectivity index (χ2v) is 1.85. The average Bonchev–Trinajstić information content (AvgIpc) is 2.52. The van der Waals surface area contributed by atoms with Crippen molar-refractivity contribution < 1.29 is 4.79 Å². The summed E-state index contributed by atoms with van der Waals surface area (Å²) in [6.45, 7) is 3.65. The van der Waals surface area contributed by atoms with Gasteiger partial charge in [-0.2, -0.15) is 5.10 Å². The van der Waals surface area contributed by atoms with Crippen LogP contribution in [0.4, 0.5) is 0 Å². The summed E-state index contributed by atoms with van der Waals surface area (Å²) in [5, 5.41) is 8.76. The van der Waals surface area contributed by atoms with Gasteiger partial charge in [-0.15, -0.1) is 0 Å². The summed E-state index contributed by atoms with van der Waals surface area (Å²) in [5.41, 5.74) is 0. The van der Waals surface area contributed by atoms with Gasteiger partial charge >= 0.3 is 0 Å². The minimum absolute atomic E-state index is 0.221. The normalized spacial score (nSPS) is 9.09. The molecule has 1 aromatic heterocycles. The Bertz CT molecular complexity index is 241. The van der Waals surface area contributed by atoms with Gasteiger partial charge in [-0.1, -0.05) is 6.58 Å². The van der Waals surface area contributed by atoms with E-state index < -0.39 is 0 Å². The van der Waals surface area contributed by atoms with Gasteiger partial charge in [0.2, 0.25) is 5.91 Å². The summed E-state index contributed by atoms with van der Waals surface area (Å²) < 4.78 is 0. The van der Waals surface area contributed by atoms with Crippen LogP contribution in [-0.2, 0) is 11.3 Å². The van der Waals surface area contributed by atoms with E-state index in [1.165, 1.54) is 12.4 Å². The summed E-state index contributed by atoms with van der Waals surface area (Å²) in [6.07, 6.45) is 2.59. The van der Waals surface area contributed by atoms with Crippen LogP contribution in [0, 0.1) is 0 Å². The van der Waals surface area contributed by atoms with E-state index in [1.54, 1.807) is 0 Å². The van der Waals surface area contributed by atoms with Crippen LogP contribution in [0.3, 0.4) is 0 Å². The van der Waals surface area contributed by atoms with Crippen LogP contribution in [0.5, 0.6) is 0 Å². The van der Waals surface area contributed by atoms with Crippen LogP contribution >= 0.6 is 0 Å². The molecule has 5 nitrogen and oxygen atoms in total. The molecule has 0 saturated carbocycles. The highest BCUT2D eigenvalue weighted by molar-refractivity contribution is 5.86. The molecular weight excluding hydrogens is 144 g/mol. The van der Waals surface area contributed by atoms with Crippen molar-refractivity contribution in [2.75, 3.05) is 0 Å². The van der Waals surface area contributed by atoms with Gasteiger partial charge in [-0.3, -0.25) is 9.89 Å². The largest absolute Gasteiger partial charge is 0.345 e. The number of rotatable bonds is 3. The maximum absolute atomic E-state index is 10.6. The Morgan fingerprint density at radius 2 is 2.73 bits per heavy atom. The number of H-pyrrole nitrogens is 1. The third-order valence-electron chi connectivity index (χ3n) is 1.08. The van der Waals surface area contributed by atoms with Crippen molar-refractivity contribution in [1.82, 2.24) is 20.5 Å². The van der Waals surface area contributed by atoms with Gasteiger partial charge in [0.15, 0.2) is 0 Å². The van der Waals surface area contributed by atoms with Crippen molar-refractivity contribution in [3.8, 4) is 0 Å². The second kappa shape index (κ2) is 3.50. The van der Waals surface area contributed by atoms with Crippen LogP contribution in [0.1, 0.15) is 5.82 Å². The Kier molecular flexibility index (Phi) is 2.37. The summed E-state index contributed by atoms with van der Waals surface area (Å²) in [4.78, 5) is 14.4. The quantitative estimate of drug-likeness (QED) is 0.579. The lowest BCUT2D eigenvalue weighted by Gasteiger charge is -1.95. The molecule has 0 spiro atoms. The Morgan fingerprint density at radius 1 is 1.91 bits per heavy atom. The van der Waals surface area contributed by atoms with Gasteiger partial charge in [0, 0.05) is 0 Å². The predicted octanol–water partition coefficient (Wildman–Crippen LogP) is -0.393. The summed E-state index contributed by atoms with van der Waals surface area (Å²) >= 11 is 0. The first kappa shape index (κ1) is 7.46. The lowest BCUT2D eigenvalue weighted by Crippen LogP contribution is -2.20. The number of hydrogen-bond acceptors (Lipinski definition) is 3. The second-order valence-electron chi connectivity index (χ2n) is 1.85. The van der Waals surface area contributed by atoms with E-state index in [9.17, 15) is 4.79 Å². The molecule has 0 radical (unpaired) electrons. The van der Waals surface area contributed by atoms with Crippen molar-refractivity contribution in [1.29, 1.82) is 0 Å². The van der Waals surface area contributed by atoms with Crippen molar-refractivity contribution in [3.63, 3.8) is 0 Å². The highest BCUT2D eigenvalue weighted by Crippen LogP contribution is 1.82. The first-order valence-corrected chi connectivity index (χ1v) is 3.07. The molecule has 11 heavy (non-hydrogen) atoms. The Morgan fingerprint density at radius 3 is 3.27 bits per heavy atom. The van der Waals surface area contributed by atoms with Gasteiger partial charge in [-0.05, 0) is 6.08 Å². The zero-order valence-corrected chi connectivity index (χ0v) is 5.87. The number of carbonyl (C=O) groups excluding carboxylic acids is 1. The number of aromatic nitrogens is 3. The number of carbonyl (C=O) groups is 1. The topological polar surface area (TPSA) is 70.7 Å². The number of nitrogens with one attached hydrogen (secondary N) is 2. The van der Waals surface area contributed by atoms with Crippen LogP contribution in [0.15, 0.2) is 19.0 Å². The summed E-state index contributed by atoms with van der Waals surface area (Å²) in [6, 6.07) is 0. The molecule has 0 aliphatic rings. The smallest absolute Gasteiger partial charge is 0.243 e. The van der Waals surface area contributed by atoms with Crippen LogP contribution < -0.4 is 5.32 Å². The molecule has 0 aliphatic carbocycles. The molecular formula is C6H8N4O. The minimum Gasteiger partial charge on any atom is -0.345 e. The average molecular weight is 152 g/mol. The van der Waals surface area contributed by atoms with E-state index >= 15 is 0 Å². The lowest BCUT2D eigenvalue weighted by molar-refractivity contribution is -0.116. The fourth-order valence-corrected chi connectivity index (χ4v) is 0.559. The lowest BCUT2D eigenvalue weighted by atomic mass is 10.5. The van der Waals surface area contributed by atoms with E-state index in [4.69, 9.17) is 0 Å². The monoisotopic (exact) mass is 152 g/mol. The summed E-state index contributed by atoms with van der Waals surface area (Å²) in [7, 11) is 0. The molecule has 0 fully saturated rings. The first-order valence-electron chi connectivity index (χ1n) is 3.07. The number of hydrogen-bond donors (Lipinski definition) is 2. The molecule has 5 heteroatoms. The first-order chi connectivity index (χ1) is 5.33. The molecule has 1 aromatic rings. The third-order valence-corrected chi connectivity index (χ3v) is 1.08. The van der Waals surface area contributed by atoms with E-state index in [1.807, 2.05) is 0 Å². The highest BCUT2D eigenvalue weighted by atomic mass is 16.1. The molecule has 0 bridgehead atoms. The van der Waals surface area contributed by atoms with Crippen LogP contribution in [-0.4, -0.2) is 21.1 Å². The molecule has 0 saturated heterocycles. The van der Waals surface area contributed by atoms with E-state index in [0.717, 1.165) is 0 Å². The maximum atomic E-state index is 10.6. The number of amides is 1. The molecule has 2 N–H and O–H groups in total. The molecule has 0 aromatic carbocycles. The third kappa shape index (κ3) is 2.21. The molecule has 58 valence electrons. The van der Waals surface area contributed by atoms with Gasteiger partial charge in [-0.25, -0.2) is 4.98 Å². The Labute approximate surface area is 63.5 Å². The molecule has 1 amide bonds. The van der Waals surface area contributed by atoms with Crippen LogP contribution in [0.2, 0.25) is 0 Å². The van der Waals surface area contributed by atoms with Gasteiger partial charge in [0.05, 0.1) is 6.54 Å². The molecule has 1 rings (SSSR count). The Hall–Kier alpha value is -1.65. The summed E-state index contributed by atoms with van der Waals surface area (Å²) in [5.74, 6) is 0.404. The van der Waals surface area contributed by atoms with Crippen molar-refractivity contribution in [3.05, 3.63) is 24.8 Å². The highest BCUT2D eigenvalue weighted by Gasteiger charge is 1.96. The Balaban J connectivity index is 2.34. The fourth-order valence-electron chi connectivity index (χ4n) is 0.559. The molecule has 0 aliphatic heterocycles. The van der Waals surface area contributed by atoms with E-state index in [2.05, 4.69) is 27.1 Å². The predicted molar refractivity (Wildman–Crippen MR) is 38.4 cm³/mol. The standard InChI is InChI=1S/C6H8N4O/c1-2-6(11)7-3-5-8-4-9-10-5/h2,4H,1,3H2,(H,7,11)(H,8,9,10). The van der Waals surface area contributed by atoms with Gasteiger partial charge in [0.1, 0.15) is 12.2 Å². The maximum Gasteiger partial charge on any atom is 0.243 e. The zero-order valence-electron chi connectivity index (χ0n) is 5.87. The van der Waals surface area contributed by atoms with E-state index in [0.29, 0.717) is 12.4 Å². The minimum atomic E-state index is -0.221. The van der Waals surface area contributed by atoms with Gasteiger partial charge < -0.3 is 5.32 Å². The van der Waals surface area contributed by atoms with Gasteiger partial charge in [0.25, 0.3) is 0 Å². The SMILES string of the molecule is C=CC(=O)NCc1ncn[nH]1. The number of aromatic amines is 1. The zero-order chi connectivity index (χ0) is 8.10. The fraction of sp³-hybridized carbons (Fsp3) is 0.167. The van der Waals surface area contributed by atoms with E-state index in [-0.39, 0.29) is 5.91 Å². The van der Waals surface area contributed by atoms with Crippen molar-refractivity contribution in [2.45, 2.75) is 6.54 Å². The molecule has 0 unspecified atom stereocenters. The molecule has 1 heterocycles. The van der Waals surface area contributed by atoms with Crippen molar-refractivity contribution in [2.24, 2.45) is 0 Å².